The van der Waals surface area contributed by atoms with E-state index in [1.807, 2.05) is 30.3 Å². The highest BCUT2D eigenvalue weighted by Crippen LogP contribution is 2.36. The van der Waals surface area contributed by atoms with E-state index in [9.17, 15) is 0 Å². The van der Waals surface area contributed by atoms with Gasteiger partial charge >= 0.3 is 0 Å². The first-order chi connectivity index (χ1) is 13.7. The normalized spacial score (nSPS) is 11.4. The van der Waals surface area contributed by atoms with Crippen molar-refractivity contribution in [2.45, 2.75) is 6.54 Å². The Balaban J connectivity index is 1.86. The van der Waals surface area contributed by atoms with E-state index in [4.69, 9.17) is 16.6 Å². The fourth-order valence-corrected chi connectivity index (χ4v) is 3.99. The molecule has 2 nitrogen and oxygen atoms in total. The first kappa shape index (κ1) is 17.0. The van der Waals surface area contributed by atoms with Gasteiger partial charge in [0, 0.05) is 39.1 Å². The summed E-state index contributed by atoms with van der Waals surface area (Å²) in [5.41, 5.74) is 6.32. The lowest BCUT2D eigenvalue weighted by molar-refractivity contribution is 0.867. The summed E-state index contributed by atoms with van der Waals surface area (Å²) in [6.07, 6.45) is 0. The third-order valence-corrected chi connectivity index (χ3v) is 5.35. The number of rotatable bonds is 3. The lowest BCUT2D eigenvalue weighted by atomic mass is 10.1. The molecule has 2 aromatic heterocycles. The predicted molar refractivity (Wildman–Crippen MR) is 118 cm³/mol. The summed E-state index contributed by atoms with van der Waals surface area (Å²) in [4.78, 5) is 4.82. The van der Waals surface area contributed by atoms with Crippen LogP contribution in [0.3, 0.4) is 0 Å². The molecule has 0 amide bonds. The predicted octanol–water partition coefficient (Wildman–Crippen LogP) is 6.74. The molecule has 5 aromatic rings. The molecule has 1 radical (unpaired) electrons. The van der Waals surface area contributed by atoms with Crippen molar-refractivity contribution < 1.29 is 0 Å². The van der Waals surface area contributed by atoms with Crippen LogP contribution in [0.5, 0.6) is 0 Å². The van der Waals surface area contributed by atoms with Crippen LogP contribution in [0.2, 0.25) is 5.02 Å². The van der Waals surface area contributed by atoms with Gasteiger partial charge in [-0.1, -0.05) is 72.3 Å². The van der Waals surface area contributed by atoms with E-state index >= 15 is 0 Å². The van der Waals surface area contributed by atoms with Crippen LogP contribution in [0.4, 0.5) is 0 Å². The van der Waals surface area contributed by atoms with Gasteiger partial charge in [-0.2, -0.15) is 0 Å². The topological polar surface area (TPSA) is 17.8 Å². The van der Waals surface area contributed by atoms with E-state index in [0.29, 0.717) is 0 Å². The van der Waals surface area contributed by atoms with Crippen molar-refractivity contribution in [1.29, 1.82) is 0 Å². The summed E-state index contributed by atoms with van der Waals surface area (Å²) in [5, 5.41) is 3.11. The van der Waals surface area contributed by atoms with Gasteiger partial charge in [0.1, 0.15) is 0 Å². The zero-order chi connectivity index (χ0) is 19.1. The molecule has 3 heteroatoms. The van der Waals surface area contributed by atoms with Gasteiger partial charge in [-0.15, -0.1) is 0 Å². The molecule has 0 fully saturated rings. The SMILES string of the molecule is [CH2]c1cc2c3ccccc3n(Cc3ccccc3)c2c(-c2ccc(Cl)cc2)n1. The number of nitrogens with zero attached hydrogens (tertiary/aromatic N) is 2. The highest BCUT2D eigenvalue weighted by Gasteiger charge is 2.17. The fraction of sp³-hybridized carbons (Fsp3) is 0.0400. The molecule has 0 aliphatic heterocycles. The maximum Gasteiger partial charge on any atom is 0.0948 e. The second-order valence-electron chi connectivity index (χ2n) is 6.95. The Morgan fingerprint density at radius 1 is 0.821 bits per heavy atom. The Kier molecular flexibility index (Phi) is 4.14. The van der Waals surface area contributed by atoms with Crippen molar-refractivity contribution in [3.05, 3.63) is 108 Å². The number of hydrogen-bond donors (Lipinski definition) is 0. The second-order valence-corrected chi connectivity index (χ2v) is 7.39. The molecule has 0 unspecified atom stereocenters. The van der Waals surface area contributed by atoms with E-state index in [-0.39, 0.29) is 0 Å². The monoisotopic (exact) mass is 381 g/mol. The minimum absolute atomic E-state index is 0.718. The molecule has 0 bridgehead atoms. The van der Waals surface area contributed by atoms with Crippen LogP contribution < -0.4 is 0 Å². The molecular formula is C25H18ClN2. The van der Waals surface area contributed by atoms with Gasteiger partial charge in [-0.05, 0) is 36.8 Å². The standard InChI is InChI=1S/C25H18ClN2/c1-17-15-22-21-9-5-6-10-23(21)28(16-18-7-3-2-4-8-18)25(22)24(27-17)19-11-13-20(26)14-12-19/h2-15H,1,16H2. The van der Waals surface area contributed by atoms with E-state index in [1.165, 1.54) is 21.9 Å². The summed E-state index contributed by atoms with van der Waals surface area (Å²) < 4.78 is 2.36. The lowest BCUT2D eigenvalue weighted by Crippen LogP contribution is -2.01. The number of halogens is 1. The van der Waals surface area contributed by atoms with Crippen LogP contribution in [0.15, 0.2) is 84.9 Å². The van der Waals surface area contributed by atoms with Crippen LogP contribution in [0, 0.1) is 6.92 Å². The minimum atomic E-state index is 0.718. The maximum atomic E-state index is 6.11. The zero-order valence-corrected chi connectivity index (χ0v) is 16.0. The van der Waals surface area contributed by atoms with Crippen molar-refractivity contribution in [1.82, 2.24) is 9.55 Å². The quantitative estimate of drug-likeness (QED) is 0.338. The molecule has 3 aromatic carbocycles. The summed E-state index contributed by atoms with van der Waals surface area (Å²) >= 11 is 6.11. The van der Waals surface area contributed by atoms with E-state index in [2.05, 4.69) is 66.1 Å². The number of fused-ring (bicyclic) bond motifs is 3. The first-order valence-electron chi connectivity index (χ1n) is 9.24. The number of pyridine rings is 1. The Hall–Kier alpha value is -3.10. The molecule has 135 valence electrons. The van der Waals surface area contributed by atoms with Gasteiger partial charge in [0.05, 0.1) is 11.2 Å². The van der Waals surface area contributed by atoms with Gasteiger partial charge < -0.3 is 4.57 Å². The molecule has 0 saturated heterocycles. The molecule has 2 heterocycles. The van der Waals surface area contributed by atoms with Crippen molar-refractivity contribution in [3.63, 3.8) is 0 Å². The Labute approximate surface area is 169 Å². The smallest absolute Gasteiger partial charge is 0.0948 e. The maximum absolute atomic E-state index is 6.11. The molecule has 0 aliphatic carbocycles. The van der Waals surface area contributed by atoms with Gasteiger partial charge in [0.25, 0.3) is 0 Å². The third-order valence-electron chi connectivity index (χ3n) is 5.10. The Bertz CT molecular complexity index is 1290. The average Bonchev–Trinajstić information content (AvgIpc) is 3.03. The number of para-hydroxylation sites is 1. The molecule has 0 saturated carbocycles. The van der Waals surface area contributed by atoms with E-state index < -0.39 is 0 Å². The first-order valence-corrected chi connectivity index (χ1v) is 9.62. The highest BCUT2D eigenvalue weighted by molar-refractivity contribution is 6.30. The molecule has 5 rings (SSSR count). The minimum Gasteiger partial charge on any atom is -0.334 e. The van der Waals surface area contributed by atoms with Gasteiger partial charge in [-0.3, -0.25) is 4.98 Å². The van der Waals surface area contributed by atoms with Crippen molar-refractivity contribution in [3.8, 4) is 11.3 Å². The fourth-order valence-electron chi connectivity index (χ4n) is 3.87. The van der Waals surface area contributed by atoms with Gasteiger partial charge in [0.2, 0.25) is 0 Å². The second kappa shape index (κ2) is 6.81. The molecule has 0 atom stereocenters. The number of benzene rings is 3. The van der Waals surface area contributed by atoms with Crippen molar-refractivity contribution >= 4 is 33.4 Å². The zero-order valence-electron chi connectivity index (χ0n) is 15.3. The molecule has 0 aliphatic rings. The number of hydrogen-bond acceptors (Lipinski definition) is 1. The highest BCUT2D eigenvalue weighted by atomic mass is 35.5. The summed E-state index contributed by atoms with van der Waals surface area (Å²) in [5.74, 6) is 0. The van der Waals surface area contributed by atoms with E-state index in [0.717, 1.165) is 34.0 Å². The van der Waals surface area contributed by atoms with Crippen LogP contribution in [0.25, 0.3) is 33.1 Å². The van der Waals surface area contributed by atoms with Crippen LogP contribution >= 0.6 is 11.6 Å². The Morgan fingerprint density at radius 2 is 1.54 bits per heavy atom. The van der Waals surface area contributed by atoms with E-state index in [1.54, 1.807) is 0 Å². The lowest BCUT2D eigenvalue weighted by Gasteiger charge is -2.12. The summed E-state index contributed by atoms with van der Waals surface area (Å²) in [7, 11) is 0. The third kappa shape index (κ3) is 2.87. The van der Waals surface area contributed by atoms with Crippen molar-refractivity contribution in [2.75, 3.05) is 0 Å². The summed E-state index contributed by atoms with van der Waals surface area (Å²) in [6.45, 7) is 4.91. The van der Waals surface area contributed by atoms with Gasteiger partial charge in [0.15, 0.2) is 0 Å². The molecule has 0 N–H and O–H groups in total. The molecular weight excluding hydrogens is 364 g/mol. The summed E-state index contributed by atoms with van der Waals surface area (Å²) in [6, 6.07) is 29.0. The average molecular weight is 382 g/mol. The van der Waals surface area contributed by atoms with Crippen LogP contribution in [0.1, 0.15) is 11.3 Å². The largest absolute Gasteiger partial charge is 0.334 e. The van der Waals surface area contributed by atoms with Crippen LogP contribution in [-0.2, 0) is 6.54 Å². The molecule has 0 spiro atoms. The van der Waals surface area contributed by atoms with Crippen molar-refractivity contribution in [2.24, 2.45) is 0 Å². The number of aromatic nitrogens is 2. The molecule has 28 heavy (non-hydrogen) atoms. The van der Waals surface area contributed by atoms with Gasteiger partial charge in [-0.25, -0.2) is 0 Å². The van der Waals surface area contributed by atoms with Crippen LogP contribution in [-0.4, -0.2) is 9.55 Å². The Morgan fingerprint density at radius 3 is 2.32 bits per heavy atom.